The lowest BCUT2D eigenvalue weighted by molar-refractivity contribution is 0.0600. The van der Waals surface area contributed by atoms with E-state index in [0.29, 0.717) is 23.4 Å². The minimum Gasteiger partial charge on any atom is -0.483 e. The molecule has 3 nitrogen and oxygen atoms in total. The summed E-state index contributed by atoms with van der Waals surface area (Å²) in [5.41, 5.74) is -0.105. The second-order valence-electron chi connectivity index (χ2n) is 6.88. The standard InChI is InChI=1S/C21H17F3O3/c1-26-20(25)12-4-5-18-14(8-12)15(11-21(27-18)6-2-3-7-21)19-16(23)9-13(22)10-17(19)24/h4-5,8-11H,2-3,6-7H2,1H3. The molecular formula is C21H17F3O3. The van der Waals surface area contributed by atoms with Crippen molar-refractivity contribution < 1.29 is 27.4 Å². The van der Waals surface area contributed by atoms with Crippen molar-refractivity contribution in [1.29, 1.82) is 0 Å². The summed E-state index contributed by atoms with van der Waals surface area (Å²) in [6.45, 7) is 0. The Morgan fingerprint density at radius 3 is 2.37 bits per heavy atom. The second-order valence-corrected chi connectivity index (χ2v) is 6.88. The zero-order valence-corrected chi connectivity index (χ0v) is 14.7. The number of methoxy groups -OCH3 is 1. The minimum absolute atomic E-state index is 0.232. The Balaban J connectivity index is 1.95. The number of esters is 1. The summed E-state index contributed by atoms with van der Waals surface area (Å²) in [7, 11) is 1.25. The zero-order chi connectivity index (χ0) is 19.2. The molecule has 4 rings (SSSR count). The molecule has 0 aromatic heterocycles. The number of benzene rings is 2. The summed E-state index contributed by atoms with van der Waals surface area (Å²) in [5, 5.41) is 0. The number of hydrogen-bond donors (Lipinski definition) is 0. The maximum Gasteiger partial charge on any atom is 0.337 e. The first kappa shape index (κ1) is 17.6. The molecule has 27 heavy (non-hydrogen) atoms. The highest BCUT2D eigenvalue weighted by Crippen LogP contribution is 2.47. The average molecular weight is 374 g/mol. The lowest BCUT2D eigenvalue weighted by Gasteiger charge is -2.34. The van der Waals surface area contributed by atoms with Crippen molar-refractivity contribution in [2.45, 2.75) is 31.3 Å². The Morgan fingerprint density at radius 2 is 1.74 bits per heavy atom. The van der Waals surface area contributed by atoms with Gasteiger partial charge < -0.3 is 9.47 Å². The number of ether oxygens (including phenoxy) is 2. The molecule has 140 valence electrons. The predicted octanol–water partition coefficient (Wildman–Crippen LogP) is 5.03. The van der Waals surface area contributed by atoms with Gasteiger partial charge in [0, 0.05) is 17.7 Å². The molecule has 0 amide bonds. The van der Waals surface area contributed by atoms with Gasteiger partial charge in [0.15, 0.2) is 0 Å². The van der Waals surface area contributed by atoms with Crippen molar-refractivity contribution in [3.8, 4) is 5.75 Å². The molecule has 0 unspecified atom stereocenters. The largest absolute Gasteiger partial charge is 0.483 e. The van der Waals surface area contributed by atoms with Gasteiger partial charge in [0.2, 0.25) is 0 Å². The second kappa shape index (κ2) is 6.44. The lowest BCUT2D eigenvalue weighted by atomic mass is 9.86. The van der Waals surface area contributed by atoms with Gasteiger partial charge in [-0.05, 0) is 55.5 Å². The number of carbonyl (C=O) groups is 1. The van der Waals surface area contributed by atoms with Crippen LogP contribution in [-0.2, 0) is 4.74 Å². The van der Waals surface area contributed by atoms with Crippen molar-refractivity contribution in [3.63, 3.8) is 0 Å². The van der Waals surface area contributed by atoms with Gasteiger partial charge in [0.1, 0.15) is 28.8 Å². The Labute approximate surface area is 154 Å². The highest BCUT2D eigenvalue weighted by atomic mass is 19.1. The summed E-state index contributed by atoms with van der Waals surface area (Å²) in [6, 6.07) is 5.94. The third-order valence-corrected chi connectivity index (χ3v) is 5.14. The molecule has 1 fully saturated rings. The van der Waals surface area contributed by atoms with E-state index in [0.717, 1.165) is 25.7 Å². The van der Waals surface area contributed by atoms with Crippen LogP contribution in [-0.4, -0.2) is 18.7 Å². The maximum atomic E-state index is 14.5. The molecule has 0 N–H and O–H groups in total. The first-order valence-electron chi connectivity index (χ1n) is 8.72. The molecule has 0 radical (unpaired) electrons. The molecule has 0 saturated heterocycles. The van der Waals surface area contributed by atoms with Gasteiger partial charge in [-0.15, -0.1) is 0 Å². The first-order chi connectivity index (χ1) is 12.9. The van der Waals surface area contributed by atoms with Crippen molar-refractivity contribution in [2.75, 3.05) is 7.11 Å². The molecule has 1 spiro atoms. The van der Waals surface area contributed by atoms with Crippen LogP contribution in [0.5, 0.6) is 5.75 Å². The SMILES string of the molecule is COC(=O)c1ccc2c(c1)C(c1c(F)cc(F)cc1F)=CC1(CCCC1)O2. The van der Waals surface area contributed by atoms with Crippen LogP contribution in [0.25, 0.3) is 5.57 Å². The summed E-state index contributed by atoms with van der Waals surface area (Å²) < 4.78 is 53.4. The fraction of sp³-hybridized carbons (Fsp3) is 0.286. The third kappa shape index (κ3) is 2.99. The highest BCUT2D eigenvalue weighted by Gasteiger charge is 2.39. The van der Waals surface area contributed by atoms with Gasteiger partial charge in [-0.3, -0.25) is 0 Å². The third-order valence-electron chi connectivity index (χ3n) is 5.14. The molecule has 0 bridgehead atoms. The van der Waals surface area contributed by atoms with Crippen molar-refractivity contribution in [3.05, 3.63) is 70.5 Å². The number of halogens is 3. The number of carbonyl (C=O) groups excluding carboxylic acids is 1. The van der Waals surface area contributed by atoms with Gasteiger partial charge in [0.05, 0.1) is 18.2 Å². The quantitative estimate of drug-likeness (QED) is 0.692. The van der Waals surface area contributed by atoms with E-state index in [1.807, 2.05) is 0 Å². The summed E-state index contributed by atoms with van der Waals surface area (Å²) in [5.74, 6) is -3.12. The van der Waals surface area contributed by atoms with Crippen LogP contribution in [0.4, 0.5) is 13.2 Å². The van der Waals surface area contributed by atoms with E-state index in [1.54, 1.807) is 18.2 Å². The van der Waals surface area contributed by atoms with E-state index in [2.05, 4.69) is 0 Å². The molecule has 6 heteroatoms. The van der Waals surface area contributed by atoms with Crippen LogP contribution in [0.3, 0.4) is 0 Å². The maximum absolute atomic E-state index is 14.5. The summed E-state index contributed by atoms with van der Waals surface area (Å²) >= 11 is 0. The van der Waals surface area contributed by atoms with Gasteiger partial charge in [0.25, 0.3) is 0 Å². The molecule has 1 aliphatic carbocycles. The zero-order valence-electron chi connectivity index (χ0n) is 14.7. The van der Waals surface area contributed by atoms with Crippen LogP contribution in [0.1, 0.15) is 47.2 Å². The molecule has 2 aromatic rings. The monoisotopic (exact) mass is 374 g/mol. The van der Waals surface area contributed by atoms with E-state index in [-0.39, 0.29) is 16.7 Å². The molecule has 1 heterocycles. The lowest BCUT2D eigenvalue weighted by Crippen LogP contribution is -2.33. The molecule has 1 saturated carbocycles. The smallest absolute Gasteiger partial charge is 0.337 e. The summed E-state index contributed by atoms with van der Waals surface area (Å²) in [6.07, 6.45) is 5.03. The number of fused-ring (bicyclic) bond motifs is 1. The molecule has 2 aromatic carbocycles. The fourth-order valence-corrected chi connectivity index (χ4v) is 3.89. The topological polar surface area (TPSA) is 35.5 Å². The van der Waals surface area contributed by atoms with Crippen molar-refractivity contribution >= 4 is 11.5 Å². The Kier molecular flexibility index (Phi) is 4.21. The van der Waals surface area contributed by atoms with E-state index >= 15 is 0 Å². The van der Waals surface area contributed by atoms with Crippen LogP contribution in [0.2, 0.25) is 0 Å². The van der Waals surface area contributed by atoms with Gasteiger partial charge in [-0.25, -0.2) is 18.0 Å². The normalized spacial score (nSPS) is 17.3. The Bertz CT molecular complexity index is 936. The molecular weight excluding hydrogens is 357 g/mol. The predicted molar refractivity (Wildman–Crippen MR) is 93.0 cm³/mol. The van der Waals surface area contributed by atoms with Gasteiger partial charge in [-0.2, -0.15) is 0 Å². The van der Waals surface area contributed by atoms with E-state index in [1.165, 1.54) is 13.2 Å². The Morgan fingerprint density at radius 1 is 1.07 bits per heavy atom. The van der Waals surface area contributed by atoms with E-state index in [4.69, 9.17) is 9.47 Å². The number of hydrogen-bond acceptors (Lipinski definition) is 3. The van der Waals surface area contributed by atoms with Crippen LogP contribution in [0.15, 0.2) is 36.4 Å². The van der Waals surface area contributed by atoms with E-state index < -0.39 is 29.0 Å². The summed E-state index contributed by atoms with van der Waals surface area (Å²) in [4.78, 5) is 11.9. The minimum atomic E-state index is -0.997. The van der Waals surface area contributed by atoms with Crippen molar-refractivity contribution in [1.82, 2.24) is 0 Å². The highest BCUT2D eigenvalue weighted by molar-refractivity contribution is 5.93. The van der Waals surface area contributed by atoms with E-state index in [9.17, 15) is 18.0 Å². The first-order valence-corrected chi connectivity index (χ1v) is 8.72. The number of rotatable bonds is 2. The van der Waals surface area contributed by atoms with Crippen molar-refractivity contribution in [2.24, 2.45) is 0 Å². The molecule has 1 aliphatic heterocycles. The molecule has 2 aliphatic rings. The van der Waals surface area contributed by atoms with Crippen LogP contribution >= 0.6 is 0 Å². The van der Waals surface area contributed by atoms with Crippen LogP contribution in [0, 0.1) is 17.5 Å². The van der Waals surface area contributed by atoms with Gasteiger partial charge in [-0.1, -0.05) is 0 Å². The van der Waals surface area contributed by atoms with Gasteiger partial charge >= 0.3 is 5.97 Å². The average Bonchev–Trinajstić information content (AvgIpc) is 3.07. The fourth-order valence-electron chi connectivity index (χ4n) is 3.89. The van der Waals surface area contributed by atoms with Crippen LogP contribution < -0.4 is 4.74 Å². The Hall–Kier alpha value is -2.76. The molecule has 0 atom stereocenters.